The van der Waals surface area contributed by atoms with Crippen molar-refractivity contribution in [3.63, 3.8) is 0 Å². The van der Waals surface area contributed by atoms with Gasteiger partial charge in [0.2, 0.25) is 5.43 Å². The highest BCUT2D eigenvalue weighted by Crippen LogP contribution is 2.28. The first kappa shape index (κ1) is 12.0. The maximum atomic E-state index is 12.3. The van der Waals surface area contributed by atoms with Gasteiger partial charge in [0.25, 0.3) is 6.43 Å². The Kier molecular flexibility index (Phi) is 3.42. The van der Waals surface area contributed by atoms with Gasteiger partial charge in [0.1, 0.15) is 12.0 Å². The SMILES string of the molecule is O=c1cc(CN(CC(F)F)C2CC2)occ1O. The Morgan fingerprint density at radius 3 is 2.76 bits per heavy atom. The zero-order valence-corrected chi connectivity index (χ0v) is 9.10. The molecule has 1 saturated carbocycles. The molecule has 0 saturated heterocycles. The van der Waals surface area contributed by atoms with Gasteiger partial charge in [-0.15, -0.1) is 0 Å². The van der Waals surface area contributed by atoms with E-state index in [1.807, 2.05) is 0 Å². The molecule has 0 aliphatic heterocycles. The molecule has 17 heavy (non-hydrogen) atoms. The van der Waals surface area contributed by atoms with E-state index >= 15 is 0 Å². The summed E-state index contributed by atoms with van der Waals surface area (Å²) >= 11 is 0. The van der Waals surface area contributed by atoms with Crippen molar-refractivity contribution in [2.45, 2.75) is 31.9 Å². The molecule has 1 aliphatic carbocycles. The molecule has 0 bridgehead atoms. The van der Waals surface area contributed by atoms with Crippen LogP contribution in [-0.2, 0) is 6.54 Å². The van der Waals surface area contributed by atoms with Crippen LogP contribution in [0.3, 0.4) is 0 Å². The normalized spacial score (nSPS) is 15.8. The highest BCUT2D eigenvalue weighted by molar-refractivity contribution is 5.15. The zero-order chi connectivity index (χ0) is 12.4. The van der Waals surface area contributed by atoms with Crippen molar-refractivity contribution in [3.8, 4) is 5.75 Å². The molecule has 1 aliphatic rings. The van der Waals surface area contributed by atoms with Crippen molar-refractivity contribution in [3.05, 3.63) is 28.3 Å². The zero-order valence-electron chi connectivity index (χ0n) is 9.10. The van der Waals surface area contributed by atoms with E-state index in [1.165, 1.54) is 0 Å². The summed E-state index contributed by atoms with van der Waals surface area (Å²) in [5.41, 5.74) is -0.556. The molecule has 1 fully saturated rings. The van der Waals surface area contributed by atoms with Gasteiger partial charge in [-0.25, -0.2) is 8.78 Å². The summed E-state index contributed by atoms with van der Waals surface area (Å²) in [4.78, 5) is 12.7. The molecule has 1 N–H and O–H groups in total. The van der Waals surface area contributed by atoms with Gasteiger partial charge in [-0.1, -0.05) is 0 Å². The quantitative estimate of drug-likeness (QED) is 0.855. The van der Waals surface area contributed by atoms with E-state index < -0.39 is 17.6 Å². The Balaban J connectivity index is 2.06. The molecule has 0 atom stereocenters. The maximum absolute atomic E-state index is 12.3. The van der Waals surface area contributed by atoms with Gasteiger partial charge in [-0.2, -0.15) is 0 Å². The Morgan fingerprint density at radius 2 is 2.24 bits per heavy atom. The maximum Gasteiger partial charge on any atom is 0.251 e. The molecule has 6 heteroatoms. The van der Waals surface area contributed by atoms with E-state index in [0.29, 0.717) is 5.76 Å². The van der Waals surface area contributed by atoms with E-state index in [2.05, 4.69) is 0 Å². The third-order valence-corrected chi connectivity index (χ3v) is 2.66. The van der Waals surface area contributed by atoms with Crippen LogP contribution in [0.5, 0.6) is 5.75 Å². The minimum atomic E-state index is -2.40. The molecule has 0 unspecified atom stereocenters. The van der Waals surface area contributed by atoms with E-state index in [1.54, 1.807) is 4.90 Å². The fraction of sp³-hybridized carbons (Fsp3) is 0.545. The molecule has 1 heterocycles. The van der Waals surface area contributed by atoms with Gasteiger partial charge < -0.3 is 9.52 Å². The Morgan fingerprint density at radius 1 is 1.53 bits per heavy atom. The molecule has 1 aromatic rings. The fourth-order valence-electron chi connectivity index (χ4n) is 1.69. The standard InChI is InChI=1S/C11H13F2NO3/c12-11(13)5-14(7-1-2-7)4-8-3-9(15)10(16)6-17-8/h3,6-7,11,16H,1-2,4-5H2. The summed E-state index contributed by atoms with van der Waals surface area (Å²) in [6.45, 7) is -0.153. The predicted molar refractivity (Wildman–Crippen MR) is 56.1 cm³/mol. The van der Waals surface area contributed by atoms with Crippen molar-refractivity contribution < 1.29 is 18.3 Å². The minimum Gasteiger partial charge on any atom is -0.502 e. The monoisotopic (exact) mass is 245 g/mol. The summed E-state index contributed by atoms with van der Waals surface area (Å²) in [5, 5.41) is 9.00. The highest BCUT2D eigenvalue weighted by Gasteiger charge is 2.31. The summed E-state index contributed by atoms with van der Waals surface area (Å²) < 4.78 is 29.7. The average Bonchev–Trinajstić information content (AvgIpc) is 3.05. The second-order valence-electron chi connectivity index (χ2n) is 4.15. The lowest BCUT2D eigenvalue weighted by molar-refractivity contribution is 0.0766. The van der Waals surface area contributed by atoms with Crippen LogP contribution in [0.25, 0.3) is 0 Å². The van der Waals surface area contributed by atoms with E-state index in [4.69, 9.17) is 9.52 Å². The topological polar surface area (TPSA) is 53.7 Å². The van der Waals surface area contributed by atoms with Crippen molar-refractivity contribution in [1.82, 2.24) is 4.90 Å². The van der Waals surface area contributed by atoms with E-state index in [0.717, 1.165) is 25.2 Å². The van der Waals surface area contributed by atoms with Crippen LogP contribution in [0.1, 0.15) is 18.6 Å². The van der Waals surface area contributed by atoms with Crippen LogP contribution in [0.15, 0.2) is 21.5 Å². The Bertz CT molecular complexity index is 443. The number of halogens is 2. The molecule has 2 rings (SSSR count). The van der Waals surface area contributed by atoms with E-state index in [9.17, 15) is 13.6 Å². The second-order valence-corrected chi connectivity index (χ2v) is 4.15. The largest absolute Gasteiger partial charge is 0.502 e. The molecule has 0 radical (unpaired) electrons. The van der Waals surface area contributed by atoms with Gasteiger partial charge in [0.15, 0.2) is 5.75 Å². The smallest absolute Gasteiger partial charge is 0.251 e. The van der Waals surface area contributed by atoms with Gasteiger partial charge >= 0.3 is 0 Å². The summed E-state index contributed by atoms with van der Waals surface area (Å²) in [5.74, 6) is -0.180. The second kappa shape index (κ2) is 4.83. The van der Waals surface area contributed by atoms with Crippen molar-refractivity contribution in [2.24, 2.45) is 0 Å². The van der Waals surface area contributed by atoms with Crippen molar-refractivity contribution in [1.29, 1.82) is 0 Å². The first-order chi connectivity index (χ1) is 8.06. The molecular formula is C11H13F2NO3. The minimum absolute atomic E-state index is 0.156. The van der Waals surface area contributed by atoms with Gasteiger partial charge in [-0.05, 0) is 12.8 Å². The number of hydrogen-bond acceptors (Lipinski definition) is 4. The molecule has 4 nitrogen and oxygen atoms in total. The van der Waals surface area contributed by atoms with Crippen LogP contribution < -0.4 is 5.43 Å². The third kappa shape index (κ3) is 3.26. The lowest BCUT2D eigenvalue weighted by Gasteiger charge is -2.20. The summed E-state index contributed by atoms with van der Waals surface area (Å²) in [6, 6.07) is 1.29. The average molecular weight is 245 g/mol. The number of hydrogen-bond donors (Lipinski definition) is 1. The predicted octanol–water partition coefficient (Wildman–Crippen LogP) is 1.57. The lowest BCUT2D eigenvalue weighted by Crippen LogP contribution is -2.30. The number of nitrogens with zero attached hydrogens (tertiary/aromatic N) is 1. The summed E-state index contributed by atoms with van der Waals surface area (Å²) in [7, 11) is 0. The van der Waals surface area contributed by atoms with Gasteiger partial charge in [-0.3, -0.25) is 9.69 Å². The molecule has 0 spiro atoms. The Labute approximate surface area is 96.5 Å². The molecule has 0 amide bonds. The first-order valence-electron chi connectivity index (χ1n) is 5.39. The number of aromatic hydroxyl groups is 1. The van der Waals surface area contributed by atoms with E-state index in [-0.39, 0.29) is 19.1 Å². The van der Waals surface area contributed by atoms with Crippen molar-refractivity contribution >= 4 is 0 Å². The third-order valence-electron chi connectivity index (χ3n) is 2.66. The number of alkyl halides is 2. The summed E-state index contributed by atoms with van der Waals surface area (Å²) in [6.07, 6.45) is 0.328. The highest BCUT2D eigenvalue weighted by atomic mass is 19.3. The van der Waals surface area contributed by atoms with Crippen LogP contribution in [0.4, 0.5) is 8.78 Å². The van der Waals surface area contributed by atoms with Gasteiger partial charge in [0, 0.05) is 12.1 Å². The fourth-order valence-corrected chi connectivity index (χ4v) is 1.69. The molecule has 1 aromatic heterocycles. The molecule has 94 valence electrons. The first-order valence-corrected chi connectivity index (χ1v) is 5.39. The lowest BCUT2D eigenvalue weighted by atomic mass is 10.3. The molecule has 0 aromatic carbocycles. The van der Waals surface area contributed by atoms with Crippen molar-refractivity contribution in [2.75, 3.05) is 6.54 Å². The van der Waals surface area contributed by atoms with Gasteiger partial charge in [0.05, 0.1) is 13.1 Å². The Hall–Kier alpha value is -1.43. The van der Waals surface area contributed by atoms with Crippen LogP contribution in [0, 0.1) is 0 Å². The van der Waals surface area contributed by atoms with Crippen LogP contribution in [-0.4, -0.2) is 29.0 Å². The number of rotatable bonds is 5. The van der Waals surface area contributed by atoms with Crippen LogP contribution >= 0.6 is 0 Å². The van der Waals surface area contributed by atoms with Crippen LogP contribution in [0.2, 0.25) is 0 Å². The molecular weight excluding hydrogens is 232 g/mol.